The van der Waals surface area contributed by atoms with Gasteiger partial charge in [-0.25, -0.2) is 9.07 Å². The highest BCUT2D eigenvalue weighted by Gasteiger charge is 2.22. The minimum absolute atomic E-state index is 0.0506. The highest BCUT2D eigenvalue weighted by atomic mass is 35.5. The highest BCUT2D eigenvalue weighted by molar-refractivity contribution is 6.30. The van der Waals surface area contributed by atoms with Crippen molar-refractivity contribution in [3.8, 4) is 5.69 Å². The van der Waals surface area contributed by atoms with Gasteiger partial charge in [0.05, 0.1) is 34.9 Å². The Labute approximate surface area is 148 Å². The highest BCUT2D eigenvalue weighted by Crippen LogP contribution is 2.22. The van der Waals surface area contributed by atoms with Gasteiger partial charge in [-0.05, 0) is 18.2 Å². The third-order valence-electron chi connectivity index (χ3n) is 4.34. The molecular weight excluding hydrogens is 347 g/mol. The number of halogens is 2. The first-order valence-electron chi connectivity index (χ1n) is 7.89. The molecule has 130 valence electrons. The third-order valence-corrected chi connectivity index (χ3v) is 4.63. The summed E-state index contributed by atoms with van der Waals surface area (Å²) >= 11 is 5.82. The predicted octanol–water partition coefficient (Wildman–Crippen LogP) is 1.83. The molecule has 0 radical (unpaired) electrons. The topological polar surface area (TPSA) is 82.9 Å². The fourth-order valence-electron chi connectivity index (χ4n) is 3.03. The van der Waals surface area contributed by atoms with Crippen LogP contribution in [0.2, 0.25) is 5.02 Å². The predicted molar refractivity (Wildman–Crippen MR) is 88.7 cm³/mol. The van der Waals surface area contributed by atoms with Gasteiger partial charge in [-0.1, -0.05) is 16.8 Å². The van der Waals surface area contributed by atoms with E-state index < -0.39 is 5.82 Å². The molecule has 0 bridgehead atoms. The molecule has 1 aliphatic rings. The summed E-state index contributed by atoms with van der Waals surface area (Å²) in [4.78, 5) is 2.23. The smallest absolute Gasteiger partial charge is 0.141 e. The van der Waals surface area contributed by atoms with E-state index in [4.69, 9.17) is 11.6 Å². The first-order chi connectivity index (χ1) is 12.1. The average molecular weight is 363 g/mol. The molecular formula is C16H16ClFN6O. The van der Waals surface area contributed by atoms with Crippen LogP contribution in [0.25, 0.3) is 5.69 Å². The van der Waals surface area contributed by atoms with E-state index in [-0.39, 0.29) is 11.6 Å². The van der Waals surface area contributed by atoms with E-state index in [1.54, 1.807) is 16.9 Å². The van der Waals surface area contributed by atoms with Crippen LogP contribution in [0.1, 0.15) is 22.6 Å². The Bertz CT molecular complexity index is 894. The SMILES string of the molecule is OCc1n[nH]c2c1CN(Cc1cn(-c3ccc(F)c(Cl)c3)nn1)CC2. The number of H-pyrrole nitrogens is 1. The number of hydrogen-bond acceptors (Lipinski definition) is 5. The Hall–Kier alpha value is -2.29. The lowest BCUT2D eigenvalue weighted by Crippen LogP contribution is -2.30. The maximum atomic E-state index is 13.3. The molecule has 0 spiro atoms. The van der Waals surface area contributed by atoms with Gasteiger partial charge in [-0.2, -0.15) is 5.10 Å². The zero-order valence-electron chi connectivity index (χ0n) is 13.3. The third kappa shape index (κ3) is 3.15. The van der Waals surface area contributed by atoms with Crippen LogP contribution in [0.5, 0.6) is 0 Å². The average Bonchev–Trinajstić information content (AvgIpc) is 3.24. The van der Waals surface area contributed by atoms with Crippen molar-refractivity contribution in [1.82, 2.24) is 30.1 Å². The number of aromatic amines is 1. The number of fused-ring (bicyclic) bond motifs is 1. The van der Waals surface area contributed by atoms with Gasteiger partial charge in [0.2, 0.25) is 0 Å². The first-order valence-corrected chi connectivity index (χ1v) is 8.26. The van der Waals surface area contributed by atoms with E-state index in [2.05, 4.69) is 25.4 Å². The van der Waals surface area contributed by atoms with Crippen molar-refractivity contribution in [2.24, 2.45) is 0 Å². The van der Waals surface area contributed by atoms with Crippen LogP contribution < -0.4 is 0 Å². The number of aromatic nitrogens is 5. The second-order valence-electron chi connectivity index (χ2n) is 6.00. The van der Waals surface area contributed by atoms with Gasteiger partial charge in [0, 0.05) is 37.3 Å². The van der Waals surface area contributed by atoms with Gasteiger partial charge in [-0.3, -0.25) is 10.00 Å². The van der Waals surface area contributed by atoms with Crippen LogP contribution in [-0.4, -0.2) is 41.7 Å². The second kappa shape index (κ2) is 6.55. The summed E-state index contributed by atoms with van der Waals surface area (Å²) in [6.45, 7) is 2.14. The summed E-state index contributed by atoms with van der Waals surface area (Å²) in [5.41, 5.74) is 4.31. The number of rotatable bonds is 4. The van der Waals surface area contributed by atoms with Crippen LogP contribution in [0.4, 0.5) is 4.39 Å². The maximum absolute atomic E-state index is 13.3. The van der Waals surface area contributed by atoms with E-state index in [1.165, 1.54) is 12.1 Å². The zero-order valence-corrected chi connectivity index (χ0v) is 14.0. The fraction of sp³-hybridized carbons (Fsp3) is 0.312. The number of hydrogen-bond donors (Lipinski definition) is 2. The van der Waals surface area contributed by atoms with Crippen LogP contribution in [-0.2, 0) is 26.1 Å². The van der Waals surface area contributed by atoms with E-state index in [1.807, 2.05) is 0 Å². The molecule has 0 fully saturated rings. The van der Waals surface area contributed by atoms with Crippen molar-refractivity contribution in [3.05, 3.63) is 57.9 Å². The van der Waals surface area contributed by atoms with Gasteiger partial charge in [0.25, 0.3) is 0 Å². The molecule has 0 atom stereocenters. The number of aliphatic hydroxyl groups is 1. The molecule has 0 amide bonds. The molecule has 25 heavy (non-hydrogen) atoms. The molecule has 0 saturated carbocycles. The molecule has 3 heterocycles. The first kappa shape index (κ1) is 16.2. The lowest BCUT2D eigenvalue weighted by molar-refractivity contribution is 0.234. The fourth-order valence-corrected chi connectivity index (χ4v) is 3.20. The van der Waals surface area contributed by atoms with Gasteiger partial charge in [-0.15, -0.1) is 5.10 Å². The lowest BCUT2D eigenvalue weighted by Gasteiger charge is -2.25. The summed E-state index contributed by atoms with van der Waals surface area (Å²) in [5.74, 6) is -0.463. The summed E-state index contributed by atoms with van der Waals surface area (Å²) in [7, 11) is 0. The van der Waals surface area contributed by atoms with Crippen LogP contribution in [0, 0.1) is 5.82 Å². The Morgan fingerprint density at radius 1 is 1.36 bits per heavy atom. The van der Waals surface area contributed by atoms with Crippen LogP contribution in [0.3, 0.4) is 0 Å². The molecule has 0 saturated heterocycles. The summed E-state index contributed by atoms with van der Waals surface area (Å²) in [5, 5.41) is 24.8. The van der Waals surface area contributed by atoms with Crippen molar-refractivity contribution < 1.29 is 9.50 Å². The standard InChI is InChI=1S/C16H16ClFN6O/c17-13-5-11(1-2-14(13)18)24-7-10(19-22-24)6-23-4-3-15-12(8-23)16(9-25)21-20-15/h1-2,5,7,25H,3-4,6,8-9H2,(H,20,21). The monoisotopic (exact) mass is 362 g/mol. The summed E-state index contributed by atoms with van der Waals surface area (Å²) < 4.78 is 14.9. The number of nitrogens with one attached hydrogen (secondary N) is 1. The molecule has 7 nitrogen and oxygen atoms in total. The van der Waals surface area contributed by atoms with E-state index in [0.717, 1.165) is 29.9 Å². The maximum Gasteiger partial charge on any atom is 0.141 e. The molecule has 3 aromatic rings. The van der Waals surface area contributed by atoms with Crippen molar-refractivity contribution in [1.29, 1.82) is 0 Å². The molecule has 4 rings (SSSR count). The molecule has 1 aliphatic heterocycles. The van der Waals surface area contributed by atoms with Crippen molar-refractivity contribution in [2.75, 3.05) is 6.54 Å². The largest absolute Gasteiger partial charge is 0.390 e. The van der Waals surface area contributed by atoms with E-state index in [9.17, 15) is 9.50 Å². The number of aliphatic hydroxyl groups excluding tert-OH is 1. The Kier molecular flexibility index (Phi) is 4.24. The molecule has 0 unspecified atom stereocenters. The molecule has 0 aliphatic carbocycles. The summed E-state index contributed by atoms with van der Waals surface area (Å²) in [6, 6.07) is 4.42. The van der Waals surface area contributed by atoms with Crippen LogP contribution in [0.15, 0.2) is 24.4 Å². The zero-order chi connectivity index (χ0) is 17.4. The van der Waals surface area contributed by atoms with Gasteiger partial charge < -0.3 is 5.11 Å². The minimum Gasteiger partial charge on any atom is -0.390 e. The molecule has 2 aromatic heterocycles. The Morgan fingerprint density at radius 2 is 2.24 bits per heavy atom. The van der Waals surface area contributed by atoms with Crippen molar-refractivity contribution in [2.45, 2.75) is 26.1 Å². The minimum atomic E-state index is -0.463. The van der Waals surface area contributed by atoms with E-state index >= 15 is 0 Å². The normalized spacial score (nSPS) is 14.7. The Balaban J connectivity index is 1.49. The van der Waals surface area contributed by atoms with Gasteiger partial charge in [0.15, 0.2) is 0 Å². The number of benzene rings is 1. The summed E-state index contributed by atoms with van der Waals surface area (Å²) in [6.07, 6.45) is 2.66. The van der Waals surface area contributed by atoms with Crippen molar-refractivity contribution >= 4 is 11.6 Å². The quantitative estimate of drug-likeness (QED) is 0.740. The van der Waals surface area contributed by atoms with Gasteiger partial charge in [0.1, 0.15) is 5.82 Å². The Morgan fingerprint density at radius 3 is 3.04 bits per heavy atom. The second-order valence-corrected chi connectivity index (χ2v) is 6.41. The van der Waals surface area contributed by atoms with Crippen LogP contribution >= 0.6 is 11.6 Å². The molecule has 9 heteroatoms. The van der Waals surface area contributed by atoms with E-state index in [0.29, 0.717) is 24.5 Å². The lowest BCUT2D eigenvalue weighted by atomic mass is 10.1. The number of nitrogens with zero attached hydrogens (tertiary/aromatic N) is 5. The molecule has 2 N–H and O–H groups in total. The van der Waals surface area contributed by atoms with Crippen molar-refractivity contribution in [3.63, 3.8) is 0 Å². The van der Waals surface area contributed by atoms with Gasteiger partial charge >= 0.3 is 0 Å². The molecule has 1 aromatic carbocycles.